The third-order valence-electron chi connectivity index (χ3n) is 4.45. The van der Waals surface area contributed by atoms with Gasteiger partial charge >= 0.3 is 0 Å². The Morgan fingerprint density at radius 2 is 1.63 bits per heavy atom. The quantitative estimate of drug-likeness (QED) is 0.525. The molecular weight excluding hydrogens is 334 g/mol. The van der Waals surface area contributed by atoms with E-state index in [0.717, 1.165) is 26.2 Å². The van der Waals surface area contributed by atoms with Crippen LogP contribution in [-0.4, -0.2) is 19.3 Å². The third-order valence-corrected chi connectivity index (χ3v) is 4.45. The molecule has 0 spiro atoms. The molecule has 0 fully saturated rings. The molecule has 0 aliphatic carbocycles. The molecule has 0 aliphatic rings. The maximum absolute atomic E-state index is 4.46. The lowest BCUT2D eigenvalue weighted by atomic mass is 10.1. The van der Waals surface area contributed by atoms with E-state index in [9.17, 15) is 0 Å². The lowest BCUT2D eigenvalue weighted by molar-refractivity contribution is 0.676. The van der Waals surface area contributed by atoms with Crippen molar-refractivity contribution in [1.82, 2.24) is 24.6 Å². The van der Waals surface area contributed by atoms with Crippen LogP contribution in [0, 0.1) is 0 Å². The van der Waals surface area contributed by atoms with Crippen molar-refractivity contribution in [3.63, 3.8) is 0 Å². The molecule has 2 aromatic heterocycles. The summed E-state index contributed by atoms with van der Waals surface area (Å²) in [4.78, 5) is 4.09. The summed E-state index contributed by atoms with van der Waals surface area (Å²) in [5.41, 5.74) is 5.02. The summed E-state index contributed by atoms with van der Waals surface area (Å²) < 4.78 is 4.06. The minimum Gasteiger partial charge on any atom is -0.333 e. The number of aromatic nitrogens is 4. The van der Waals surface area contributed by atoms with Crippen LogP contribution in [-0.2, 0) is 26.2 Å². The fourth-order valence-corrected chi connectivity index (χ4v) is 3.13. The summed E-state index contributed by atoms with van der Waals surface area (Å²) in [5, 5.41) is 7.97. The zero-order valence-electron chi connectivity index (χ0n) is 15.2. The Bertz CT molecular complexity index is 957. The van der Waals surface area contributed by atoms with E-state index in [1.165, 1.54) is 22.3 Å². The minimum atomic E-state index is 0.803. The van der Waals surface area contributed by atoms with E-state index in [1.54, 1.807) is 0 Å². The van der Waals surface area contributed by atoms with Crippen LogP contribution in [0.3, 0.4) is 0 Å². The van der Waals surface area contributed by atoms with Gasteiger partial charge in [0.15, 0.2) is 0 Å². The van der Waals surface area contributed by atoms with Crippen molar-refractivity contribution in [2.24, 2.45) is 0 Å². The molecule has 2 aromatic carbocycles. The molecule has 27 heavy (non-hydrogen) atoms. The molecular formula is C22H23N5. The van der Waals surface area contributed by atoms with Gasteiger partial charge in [0.05, 0.1) is 19.1 Å². The van der Waals surface area contributed by atoms with E-state index in [2.05, 4.69) is 74.7 Å². The van der Waals surface area contributed by atoms with Gasteiger partial charge in [-0.15, -0.1) is 0 Å². The van der Waals surface area contributed by atoms with Crippen LogP contribution in [0.5, 0.6) is 0 Å². The molecule has 0 aliphatic heterocycles. The Labute approximate surface area is 159 Å². The third kappa shape index (κ3) is 4.92. The Kier molecular flexibility index (Phi) is 5.41. The first-order valence-electron chi connectivity index (χ1n) is 9.15. The Morgan fingerprint density at radius 1 is 0.815 bits per heavy atom. The fourth-order valence-electron chi connectivity index (χ4n) is 3.13. The van der Waals surface area contributed by atoms with Gasteiger partial charge in [0.1, 0.15) is 0 Å². The van der Waals surface area contributed by atoms with E-state index in [1.807, 2.05) is 35.7 Å². The van der Waals surface area contributed by atoms with Gasteiger partial charge in [-0.1, -0.05) is 54.6 Å². The molecule has 4 aromatic rings. The minimum absolute atomic E-state index is 0.803. The predicted molar refractivity (Wildman–Crippen MR) is 106 cm³/mol. The van der Waals surface area contributed by atoms with Crippen molar-refractivity contribution >= 4 is 0 Å². The highest BCUT2D eigenvalue weighted by molar-refractivity contribution is 5.24. The topological polar surface area (TPSA) is 47.7 Å². The summed E-state index contributed by atoms with van der Waals surface area (Å²) >= 11 is 0. The summed E-state index contributed by atoms with van der Waals surface area (Å²) in [6.45, 7) is 3.29. The zero-order chi connectivity index (χ0) is 18.3. The van der Waals surface area contributed by atoms with E-state index in [-0.39, 0.29) is 0 Å². The van der Waals surface area contributed by atoms with Crippen LogP contribution in [0.1, 0.15) is 22.3 Å². The first-order chi connectivity index (χ1) is 13.3. The predicted octanol–water partition coefficient (Wildman–Crippen LogP) is 3.47. The molecule has 0 saturated carbocycles. The van der Waals surface area contributed by atoms with Crippen molar-refractivity contribution in [2.45, 2.75) is 26.2 Å². The molecule has 0 bridgehead atoms. The molecule has 5 nitrogen and oxygen atoms in total. The standard InChI is InChI=1S/C22H23N5/c1-2-5-19(6-3-1)16-27-17-22(14-25-27)13-24-12-20-7-4-8-21(11-20)15-26-10-9-23-18-26/h1-11,14,17-18,24H,12-13,15-16H2. The molecule has 5 heteroatoms. The number of hydrogen-bond acceptors (Lipinski definition) is 3. The highest BCUT2D eigenvalue weighted by Crippen LogP contribution is 2.08. The highest BCUT2D eigenvalue weighted by atomic mass is 15.3. The molecule has 0 unspecified atom stereocenters. The molecule has 136 valence electrons. The molecule has 0 radical (unpaired) electrons. The Morgan fingerprint density at radius 3 is 2.48 bits per heavy atom. The van der Waals surface area contributed by atoms with E-state index >= 15 is 0 Å². The monoisotopic (exact) mass is 357 g/mol. The molecule has 0 saturated heterocycles. The van der Waals surface area contributed by atoms with Crippen LogP contribution in [0.2, 0.25) is 0 Å². The number of benzene rings is 2. The molecule has 1 N–H and O–H groups in total. The lowest BCUT2D eigenvalue weighted by Crippen LogP contribution is -2.12. The second-order valence-electron chi connectivity index (χ2n) is 6.69. The molecule has 0 atom stereocenters. The number of nitrogens with one attached hydrogen (secondary N) is 1. The second kappa shape index (κ2) is 8.47. The molecule has 2 heterocycles. The van der Waals surface area contributed by atoms with Gasteiger partial charge in [-0.05, 0) is 16.7 Å². The number of hydrogen-bond donors (Lipinski definition) is 1. The van der Waals surface area contributed by atoms with Crippen molar-refractivity contribution < 1.29 is 0 Å². The largest absolute Gasteiger partial charge is 0.333 e. The summed E-state index contributed by atoms with van der Waals surface area (Å²) in [5.74, 6) is 0. The average Bonchev–Trinajstić information content (AvgIpc) is 3.35. The van der Waals surface area contributed by atoms with Gasteiger partial charge in [-0.25, -0.2) is 4.98 Å². The number of nitrogens with zero attached hydrogens (tertiary/aromatic N) is 4. The zero-order valence-corrected chi connectivity index (χ0v) is 15.2. The summed E-state index contributed by atoms with van der Waals surface area (Å²) in [7, 11) is 0. The normalized spacial score (nSPS) is 11.0. The van der Waals surface area contributed by atoms with E-state index < -0.39 is 0 Å². The maximum atomic E-state index is 4.46. The van der Waals surface area contributed by atoms with Crippen LogP contribution >= 0.6 is 0 Å². The Hall–Kier alpha value is -3.18. The second-order valence-corrected chi connectivity index (χ2v) is 6.69. The van der Waals surface area contributed by atoms with Gasteiger partial charge in [0, 0.05) is 43.8 Å². The first kappa shape index (κ1) is 17.2. The fraction of sp³-hybridized carbons (Fsp3) is 0.182. The maximum Gasteiger partial charge on any atom is 0.0949 e. The van der Waals surface area contributed by atoms with Crippen LogP contribution in [0.25, 0.3) is 0 Å². The van der Waals surface area contributed by atoms with Gasteiger partial charge < -0.3 is 9.88 Å². The summed E-state index contributed by atoms with van der Waals surface area (Å²) in [6.07, 6.45) is 9.68. The van der Waals surface area contributed by atoms with E-state index in [0.29, 0.717) is 0 Å². The van der Waals surface area contributed by atoms with Crippen molar-refractivity contribution in [3.05, 3.63) is 108 Å². The van der Waals surface area contributed by atoms with Crippen LogP contribution in [0.15, 0.2) is 85.7 Å². The number of imidazole rings is 1. The SMILES string of the molecule is c1ccc(Cn2cc(CNCc3cccc(Cn4ccnc4)c3)cn2)cc1. The summed E-state index contributed by atoms with van der Waals surface area (Å²) in [6, 6.07) is 19.1. The Balaban J connectivity index is 1.29. The molecule has 0 amide bonds. The van der Waals surface area contributed by atoms with Gasteiger partial charge in [0.25, 0.3) is 0 Å². The van der Waals surface area contributed by atoms with Crippen molar-refractivity contribution in [3.8, 4) is 0 Å². The van der Waals surface area contributed by atoms with Crippen molar-refractivity contribution in [2.75, 3.05) is 0 Å². The first-order valence-corrected chi connectivity index (χ1v) is 9.15. The smallest absolute Gasteiger partial charge is 0.0949 e. The highest BCUT2D eigenvalue weighted by Gasteiger charge is 2.01. The van der Waals surface area contributed by atoms with Crippen LogP contribution in [0.4, 0.5) is 0 Å². The van der Waals surface area contributed by atoms with Crippen LogP contribution < -0.4 is 5.32 Å². The van der Waals surface area contributed by atoms with Crippen molar-refractivity contribution in [1.29, 1.82) is 0 Å². The number of rotatable bonds is 8. The van der Waals surface area contributed by atoms with E-state index in [4.69, 9.17) is 0 Å². The van der Waals surface area contributed by atoms with Gasteiger partial charge in [-0.3, -0.25) is 4.68 Å². The van der Waals surface area contributed by atoms with Gasteiger partial charge in [-0.2, -0.15) is 5.10 Å². The van der Waals surface area contributed by atoms with Gasteiger partial charge in [0.2, 0.25) is 0 Å². The average molecular weight is 357 g/mol. The molecule has 4 rings (SSSR count). The lowest BCUT2D eigenvalue weighted by Gasteiger charge is -2.07.